The second-order valence-corrected chi connectivity index (χ2v) is 8.66. The van der Waals surface area contributed by atoms with Crippen LogP contribution in [0.25, 0.3) is 0 Å². The lowest BCUT2D eigenvalue weighted by Gasteiger charge is -2.57. The van der Waals surface area contributed by atoms with Crippen molar-refractivity contribution in [3.63, 3.8) is 0 Å². The van der Waals surface area contributed by atoms with Gasteiger partial charge in [0, 0.05) is 5.54 Å². The topological polar surface area (TPSA) is 64.6 Å². The van der Waals surface area contributed by atoms with Crippen molar-refractivity contribution in [2.24, 2.45) is 17.8 Å². The Balaban J connectivity index is 1.39. The molecule has 4 fully saturated rings. The van der Waals surface area contributed by atoms with Gasteiger partial charge >= 0.3 is 5.97 Å². The van der Waals surface area contributed by atoms with Crippen LogP contribution in [0.4, 0.5) is 0 Å². The summed E-state index contributed by atoms with van der Waals surface area (Å²) in [6.45, 7) is 3.98. The minimum absolute atomic E-state index is 0.0737. The molecular formula is C22H29NO4. The fourth-order valence-electron chi connectivity index (χ4n) is 5.82. The Morgan fingerprint density at radius 2 is 1.70 bits per heavy atom. The highest BCUT2D eigenvalue weighted by molar-refractivity contribution is 5.94. The molecule has 0 aliphatic heterocycles. The normalized spacial score (nSPS) is 32.0. The Morgan fingerprint density at radius 3 is 2.30 bits per heavy atom. The van der Waals surface area contributed by atoms with Gasteiger partial charge in [-0.1, -0.05) is 12.1 Å². The van der Waals surface area contributed by atoms with Crippen LogP contribution in [0.15, 0.2) is 24.3 Å². The lowest BCUT2D eigenvalue weighted by molar-refractivity contribution is -0.134. The fraction of sp³-hybridized carbons (Fsp3) is 0.636. The lowest BCUT2D eigenvalue weighted by Crippen LogP contribution is -2.61. The molecule has 4 saturated carbocycles. The van der Waals surface area contributed by atoms with Crippen molar-refractivity contribution in [3.05, 3.63) is 29.8 Å². The minimum Gasteiger partial charge on any atom is -0.493 e. The van der Waals surface area contributed by atoms with Crippen molar-refractivity contribution in [1.82, 2.24) is 5.32 Å². The zero-order valence-electron chi connectivity index (χ0n) is 16.2. The summed E-state index contributed by atoms with van der Waals surface area (Å²) in [5.74, 6) is 2.05. The van der Waals surface area contributed by atoms with Gasteiger partial charge in [0.1, 0.15) is 11.3 Å². The van der Waals surface area contributed by atoms with Crippen LogP contribution in [0.5, 0.6) is 5.75 Å². The summed E-state index contributed by atoms with van der Waals surface area (Å²) in [6.07, 6.45) is 6.41. The number of rotatable bonds is 6. The average molecular weight is 371 g/mol. The number of para-hydroxylation sites is 1. The predicted molar refractivity (Wildman–Crippen MR) is 102 cm³/mol. The molecule has 5 nitrogen and oxygen atoms in total. The first-order valence-electron chi connectivity index (χ1n) is 10.2. The van der Waals surface area contributed by atoms with Gasteiger partial charge in [0.15, 0.2) is 6.10 Å². The van der Waals surface area contributed by atoms with Crippen molar-refractivity contribution in [3.8, 4) is 5.75 Å². The highest BCUT2D eigenvalue weighted by Crippen LogP contribution is 2.55. The molecule has 4 bridgehead atoms. The van der Waals surface area contributed by atoms with E-state index in [9.17, 15) is 9.59 Å². The van der Waals surface area contributed by atoms with Gasteiger partial charge in [0.2, 0.25) is 0 Å². The summed E-state index contributed by atoms with van der Waals surface area (Å²) < 4.78 is 11.0. The van der Waals surface area contributed by atoms with Crippen LogP contribution in [-0.4, -0.2) is 30.1 Å². The highest BCUT2D eigenvalue weighted by Gasteiger charge is 2.51. The van der Waals surface area contributed by atoms with E-state index in [0.717, 1.165) is 37.0 Å². The maximum atomic E-state index is 12.8. The van der Waals surface area contributed by atoms with Gasteiger partial charge in [-0.05, 0) is 82.3 Å². The van der Waals surface area contributed by atoms with Gasteiger partial charge < -0.3 is 14.8 Å². The molecule has 1 aromatic rings. The van der Waals surface area contributed by atoms with E-state index in [1.54, 1.807) is 25.1 Å². The van der Waals surface area contributed by atoms with Gasteiger partial charge in [-0.3, -0.25) is 4.79 Å². The van der Waals surface area contributed by atoms with Crippen LogP contribution in [0, 0.1) is 17.8 Å². The molecule has 4 aliphatic carbocycles. The molecule has 4 aliphatic rings. The molecule has 5 heteroatoms. The van der Waals surface area contributed by atoms with E-state index >= 15 is 0 Å². The van der Waals surface area contributed by atoms with E-state index in [0.29, 0.717) is 17.9 Å². The van der Waals surface area contributed by atoms with Crippen LogP contribution in [-0.2, 0) is 9.53 Å². The molecule has 0 heterocycles. The van der Waals surface area contributed by atoms with Crippen LogP contribution >= 0.6 is 0 Å². The van der Waals surface area contributed by atoms with Gasteiger partial charge in [-0.2, -0.15) is 0 Å². The van der Waals surface area contributed by atoms with Crippen LogP contribution in [0.2, 0.25) is 0 Å². The molecule has 0 spiro atoms. The summed E-state index contributed by atoms with van der Waals surface area (Å²) in [5, 5.41) is 3.27. The molecule has 0 radical (unpaired) electrons. The first-order valence-corrected chi connectivity index (χ1v) is 10.2. The number of carbonyl (C=O) groups is 2. The lowest BCUT2D eigenvalue weighted by atomic mass is 9.53. The van der Waals surface area contributed by atoms with E-state index in [4.69, 9.17) is 9.47 Å². The molecule has 1 aromatic carbocycles. The highest BCUT2D eigenvalue weighted by atomic mass is 16.5. The number of hydrogen-bond acceptors (Lipinski definition) is 4. The van der Waals surface area contributed by atoms with Crippen LogP contribution in [0.3, 0.4) is 0 Å². The molecular weight excluding hydrogens is 342 g/mol. The third kappa shape index (κ3) is 3.69. The fourth-order valence-corrected chi connectivity index (χ4v) is 5.82. The smallest absolute Gasteiger partial charge is 0.342 e. The van der Waals surface area contributed by atoms with Crippen molar-refractivity contribution in [2.45, 2.75) is 64.0 Å². The van der Waals surface area contributed by atoms with E-state index in [2.05, 4.69) is 5.32 Å². The Labute approximate surface area is 160 Å². The first-order chi connectivity index (χ1) is 13.0. The summed E-state index contributed by atoms with van der Waals surface area (Å²) in [4.78, 5) is 25.3. The van der Waals surface area contributed by atoms with Gasteiger partial charge in [0.05, 0.1) is 6.61 Å². The first kappa shape index (κ1) is 18.3. The molecule has 146 valence electrons. The summed E-state index contributed by atoms with van der Waals surface area (Å²) in [7, 11) is 0. The van der Waals surface area contributed by atoms with Crippen molar-refractivity contribution in [1.29, 1.82) is 0 Å². The second kappa shape index (κ2) is 7.17. The van der Waals surface area contributed by atoms with Crippen molar-refractivity contribution >= 4 is 11.9 Å². The molecule has 0 aromatic heterocycles. The Bertz CT molecular complexity index is 693. The van der Waals surface area contributed by atoms with E-state index in [1.807, 2.05) is 13.0 Å². The Hall–Kier alpha value is -2.04. The minimum atomic E-state index is -0.819. The quantitative estimate of drug-likeness (QED) is 0.774. The third-order valence-corrected chi connectivity index (χ3v) is 6.49. The molecule has 1 N–H and O–H groups in total. The predicted octanol–water partition coefficient (Wildman–Crippen LogP) is 3.72. The van der Waals surface area contributed by atoms with Crippen molar-refractivity contribution < 1.29 is 19.1 Å². The molecule has 0 saturated heterocycles. The standard InChI is InChI=1S/C22H29NO4/c1-3-26-19-7-5-4-6-18(19)21(25)27-14(2)20(24)23-22-11-15-8-16(12-22)10-17(9-15)13-22/h4-7,14-17H,3,8-13H2,1-2H3,(H,23,24)/t14-,15?,16?,17?,22?/m0/s1. The zero-order chi connectivity index (χ0) is 19.0. The zero-order valence-corrected chi connectivity index (χ0v) is 16.2. The number of ether oxygens (including phenoxy) is 2. The Morgan fingerprint density at radius 1 is 1.11 bits per heavy atom. The maximum absolute atomic E-state index is 12.8. The molecule has 27 heavy (non-hydrogen) atoms. The van der Waals surface area contributed by atoms with Gasteiger partial charge in [-0.25, -0.2) is 4.79 Å². The molecule has 0 unspecified atom stereocenters. The number of carbonyl (C=O) groups excluding carboxylic acids is 2. The second-order valence-electron chi connectivity index (χ2n) is 8.66. The monoisotopic (exact) mass is 371 g/mol. The third-order valence-electron chi connectivity index (χ3n) is 6.49. The number of esters is 1. The SMILES string of the molecule is CCOc1ccccc1C(=O)O[C@@H](C)C(=O)NC12CC3CC(CC(C3)C1)C2. The van der Waals surface area contributed by atoms with E-state index in [-0.39, 0.29) is 11.4 Å². The van der Waals surface area contributed by atoms with Gasteiger partial charge in [0.25, 0.3) is 5.91 Å². The number of benzene rings is 1. The summed E-state index contributed by atoms with van der Waals surface area (Å²) in [5.41, 5.74) is 0.282. The summed E-state index contributed by atoms with van der Waals surface area (Å²) in [6, 6.07) is 6.97. The van der Waals surface area contributed by atoms with E-state index < -0.39 is 12.1 Å². The number of hydrogen-bond donors (Lipinski definition) is 1. The largest absolute Gasteiger partial charge is 0.493 e. The average Bonchev–Trinajstić information content (AvgIpc) is 2.60. The maximum Gasteiger partial charge on any atom is 0.342 e. The number of amides is 1. The van der Waals surface area contributed by atoms with E-state index in [1.165, 1.54) is 19.3 Å². The van der Waals surface area contributed by atoms with Crippen LogP contribution < -0.4 is 10.1 Å². The van der Waals surface area contributed by atoms with Crippen LogP contribution in [0.1, 0.15) is 62.7 Å². The Kier molecular flexibility index (Phi) is 4.87. The molecule has 1 atom stereocenters. The number of nitrogens with one attached hydrogen (secondary N) is 1. The summed E-state index contributed by atoms with van der Waals surface area (Å²) >= 11 is 0. The molecule has 5 rings (SSSR count). The van der Waals surface area contributed by atoms with Gasteiger partial charge in [-0.15, -0.1) is 0 Å². The molecule has 1 amide bonds. The van der Waals surface area contributed by atoms with Crippen molar-refractivity contribution in [2.75, 3.05) is 6.61 Å².